The number of nitrogens with zero attached hydrogens (tertiary/aromatic N) is 1. The van der Waals surface area contributed by atoms with Crippen molar-refractivity contribution < 1.29 is 14.4 Å². The molecule has 1 atom stereocenters. The second-order valence-electron chi connectivity index (χ2n) is 6.58. The SMILES string of the molecule is CC(=O)Nc1ccc(SC(C)C(=O)NNC(=O)c2cn(C)c3ccccc23)cc1. The summed E-state index contributed by atoms with van der Waals surface area (Å²) < 4.78 is 1.87. The van der Waals surface area contributed by atoms with Crippen LogP contribution in [-0.2, 0) is 16.6 Å². The fourth-order valence-corrected chi connectivity index (χ4v) is 3.76. The van der Waals surface area contributed by atoms with Gasteiger partial charge in [-0.3, -0.25) is 25.2 Å². The van der Waals surface area contributed by atoms with E-state index in [1.165, 1.54) is 18.7 Å². The van der Waals surface area contributed by atoms with Gasteiger partial charge in [-0.05, 0) is 37.3 Å². The third-order valence-corrected chi connectivity index (χ3v) is 5.41. The van der Waals surface area contributed by atoms with Crippen molar-refractivity contribution >= 4 is 46.1 Å². The molecule has 0 aliphatic carbocycles. The highest BCUT2D eigenvalue weighted by molar-refractivity contribution is 8.00. The van der Waals surface area contributed by atoms with E-state index in [1.54, 1.807) is 25.3 Å². The lowest BCUT2D eigenvalue weighted by atomic mass is 10.2. The molecule has 0 fully saturated rings. The zero-order valence-corrected chi connectivity index (χ0v) is 17.2. The number of amides is 3. The standard InChI is InChI=1S/C21H22N4O3S/c1-13(29-16-10-8-15(9-11-16)22-14(2)26)20(27)23-24-21(28)18-12-25(3)19-7-5-4-6-17(18)19/h4-13H,1-3H3,(H,22,26)(H,23,27)(H,24,28). The van der Waals surface area contributed by atoms with Crippen molar-refractivity contribution in [1.29, 1.82) is 0 Å². The van der Waals surface area contributed by atoms with Gasteiger partial charge in [0.15, 0.2) is 0 Å². The van der Waals surface area contributed by atoms with Gasteiger partial charge in [-0.1, -0.05) is 18.2 Å². The van der Waals surface area contributed by atoms with E-state index in [-0.39, 0.29) is 17.7 Å². The largest absolute Gasteiger partial charge is 0.350 e. The second-order valence-corrected chi connectivity index (χ2v) is 7.99. The predicted molar refractivity (Wildman–Crippen MR) is 115 cm³/mol. The van der Waals surface area contributed by atoms with Crippen LogP contribution in [0.15, 0.2) is 59.6 Å². The van der Waals surface area contributed by atoms with Crippen LogP contribution in [0.25, 0.3) is 10.9 Å². The minimum Gasteiger partial charge on any atom is -0.350 e. The Bertz CT molecular complexity index is 1060. The van der Waals surface area contributed by atoms with Crippen molar-refractivity contribution in [2.45, 2.75) is 24.0 Å². The van der Waals surface area contributed by atoms with E-state index in [2.05, 4.69) is 16.2 Å². The number of para-hydroxylation sites is 1. The van der Waals surface area contributed by atoms with E-state index < -0.39 is 5.25 Å². The van der Waals surface area contributed by atoms with E-state index >= 15 is 0 Å². The number of nitrogens with one attached hydrogen (secondary N) is 3. The fraction of sp³-hybridized carbons (Fsp3) is 0.190. The van der Waals surface area contributed by atoms with Crippen LogP contribution in [0.5, 0.6) is 0 Å². The number of hydrogen-bond acceptors (Lipinski definition) is 4. The number of aryl methyl sites for hydroxylation is 1. The zero-order chi connectivity index (χ0) is 21.0. The first-order chi connectivity index (χ1) is 13.8. The van der Waals surface area contributed by atoms with Crippen molar-refractivity contribution in [2.24, 2.45) is 7.05 Å². The van der Waals surface area contributed by atoms with Gasteiger partial charge in [0.2, 0.25) is 5.91 Å². The Labute approximate surface area is 172 Å². The third-order valence-electron chi connectivity index (χ3n) is 4.30. The van der Waals surface area contributed by atoms with Crippen LogP contribution in [-0.4, -0.2) is 27.5 Å². The van der Waals surface area contributed by atoms with E-state index in [4.69, 9.17) is 0 Å². The van der Waals surface area contributed by atoms with Crippen LogP contribution >= 0.6 is 11.8 Å². The van der Waals surface area contributed by atoms with Crippen molar-refractivity contribution in [3.05, 3.63) is 60.3 Å². The van der Waals surface area contributed by atoms with Crippen molar-refractivity contribution in [1.82, 2.24) is 15.4 Å². The Kier molecular flexibility index (Phi) is 6.23. The topological polar surface area (TPSA) is 92.2 Å². The molecule has 3 amide bonds. The van der Waals surface area contributed by atoms with Crippen molar-refractivity contribution in [3.8, 4) is 0 Å². The molecule has 3 aromatic rings. The molecule has 0 saturated heterocycles. The zero-order valence-electron chi connectivity index (χ0n) is 16.4. The van der Waals surface area contributed by atoms with Crippen molar-refractivity contribution in [3.63, 3.8) is 0 Å². The maximum Gasteiger partial charge on any atom is 0.271 e. The highest BCUT2D eigenvalue weighted by atomic mass is 32.2. The Morgan fingerprint density at radius 2 is 1.69 bits per heavy atom. The number of aromatic nitrogens is 1. The molecule has 8 heteroatoms. The summed E-state index contributed by atoms with van der Waals surface area (Å²) in [6.45, 7) is 3.20. The normalized spacial score (nSPS) is 11.7. The Morgan fingerprint density at radius 3 is 2.38 bits per heavy atom. The van der Waals surface area contributed by atoms with Crippen LogP contribution in [0.1, 0.15) is 24.2 Å². The van der Waals surface area contributed by atoms with E-state index in [0.29, 0.717) is 11.3 Å². The van der Waals surface area contributed by atoms with Gasteiger partial charge in [0.1, 0.15) is 0 Å². The van der Waals surface area contributed by atoms with Gasteiger partial charge in [0, 0.05) is 41.7 Å². The molecule has 0 aliphatic heterocycles. The van der Waals surface area contributed by atoms with Gasteiger partial charge in [0.25, 0.3) is 11.8 Å². The highest BCUT2D eigenvalue weighted by Crippen LogP contribution is 2.25. The molecule has 150 valence electrons. The molecule has 1 aromatic heterocycles. The highest BCUT2D eigenvalue weighted by Gasteiger charge is 2.17. The average Bonchev–Trinajstić information content (AvgIpc) is 3.04. The summed E-state index contributed by atoms with van der Waals surface area (Å²) in [6.07, 6.45) is 1.74. The molecular weight excluding hydrogens is 388 g/mol. The van der Waals surface area contributed by atoms with Gasteiger partial charge in [-0.2, -0.15) is 0 Å². The molecule has 0 aliphatic rings. The second kappa shape index (κ2) is 8.83. The van der Waals surface area contributed by atoms with Gasteiger partial charge in [0.05, 0.1) is 10.8 Å². The monoisotopic (exact) mass is 410 g/mol. The fourth-order valence-electron chi connectivity index (χ4n) is 2.89. The van der Waals surface area contributed by atoms with Crippen molar-refractivity contribution in [2.75, 3.05) is 5.32 Å². The molecule has 1 heterocycles. The lowest BCUT2D eigenvalue weighted by Crippen LogP contribution is -2.44. The summed E-state index contributed by atoms with van der Waals surface area (Å²) in [4.78, 5) is 36.8. The Morgan fingerprint density at radius 1 is 1.00 bits per heavy atom. The summed E-state index contributed by atoms with van der Waals surface area (Å²) in [5, 5.41) is 3.09. The molecule has 3 N–H and O–H groups in total. The van der Waals surface area contributed by atoms with E-state index in [9.17, 15) is 14.4 Å². The lowest BCUT2D eigenvalue weighted by molar-refractivity contribution is -0.121. The molecule has 29 heavy (non-hydrogen) atoms. The Balaban J connectivity index is 1.57. The third kappa shape index (κ3) is 4.97. The number of thioether (sulfide) groups is 1. The summed E-state index contributed by atoms with van der Waals surface area (Å²) in [6, 6.07) is 14.8. The first kappa shape index (κ1) is 20.5. The molecule has 2 aromatic carbocycles. The summed E-state index contributed by atoms with van der Waals surface area (Å²) >= 11 is 1.35. The van der Waals surface area contributed by atoms with E-state index in [1.807, 2.05) is 48.0 Å². The first-order valence-electron chi connectivity index (χ1n) is 9.03. The van der Waals surface area contributed by atoms with E-state index in [0.717, 1.165) is 15.8 Å². The molecular formula is C21H22N4O3S. The number of benzene rings is 2. The van der Waals surface area contributed by atoms with Crippen LogP contribution in [0, 0.1) is 0 Å². The minimum atomic E-state index is -0.422. The van der Waals surface area contributed by atoms with Gasteiger partial charge in [-0.25, -0.2) is 0 Å². The predicted octanol–water partition coefficient (Wildman–Crippen LogP) is 3.08. The lowest BCUT2D eigenvalue weighted by Gasteiger charge is -2.13. The maximum atomic E-state index is 12.5. The summed E-state index contributed by atoms with van der Waals surface area (Å²) in [5.74, 6) is -0.818. The number of carbonyl (C=O) groups excluding carboxylic acids is 3. The maximum absolute atomic E-state index is 12.5. The summed E-state index contributed by atoms with van der Waals surface area (Å²) in [7, 11) is 1.87. The smallest absolute Gasteiger partial charge is 0.271 e. The molecule has 0 saturated carbocycles. The van der Waals surface area contributed by atoms with Crippen LogP contribution < -0.4 is 16.2 Å². The Hall–Kier alpha value is -3.26. The van der Waals surface area contributed by atoms with Gasteiger partial charge >= 0.3 is 0 Å². The molecule has 7 nitrogen and oxygen atoms in total. The van der Waals surface area contributed by atoms with Crippen LogP contribution in [0.4, 0.5) is 5.69 Å². The first-order valence-corrected chi connectivity index (χ1v) is 9.91. The minimum absolute atomic E-state index is 0.139. The summed E-state index contributed by atoms with van der Waals surface area (Å²) in [5.41, 5.74) is 7.11. The molecule has 3 rings (SSSR count). The number of hydrogen-bond donors (Lipinski definition) is 3. The average molecular weight is 410 g/mol. The number of fused-ring (bicyclic) bond motifs is 1. The quantitative estimate of drug-likeness (QED) is 0.445. The molecule has 0 spiro atoms. The molecule has 1 unspecified atom stereocenters. The van der Waals surface area contributed by atoms with Gasteiger partial charge < -0.3 is 9.88 Å². The van der Waals surface area contributed by atoms with Crippen LogP contribution in [0.2, 0.25) is 0 Å². The van der Waals surface area contributed by atoms with Gasteiger partial charge in [-0.15, -0.1) is 11.8 Å². The number of rotatable bonds is 5. The number of hydrazine groups is 1. The van der Waals surface area contributed by atoms with Crippen LogP contribution in [0.3, 0.4) is 0 Å². The molecule has 0 bridgehead atoms. The number of carbonyl (C=O) groups is 3. The molecule has 0 radical (unpaired) electrons. The number of anilines is 1.